The van der Waals surface area contributed by atoms with Crippen LogP contribution in [0.15, 0.2) is 60.7 Å². The Morgan fingerprint density at radius 1 is 0.864 bits per heavy atom. The number of benzene rings is 2. The van der Waals surface area contributed by atoms with Gasteiger partial charge in [-0.1, -0.05) is 94.8 Å². The smallest absolute Gasteiger partial charge is 0.407 e. The third-order valence-corrected chi connectivity index (χ3v) is 7.71. The summed E-state index contributed by atoms with van der Waals surface area (Å²) >= 11 is 0. The molecule has 0 spiro atoms. The Hall–Kier alpha value is -3.92. The molecule has 0 aliphatic carbocycles. The van der Waals surface area contributed by atoms with E-state index in [9.17, 15) is 29.4 Å². The molecule has 0 unspecified atom stereocenters. The first-order valence-corrected chi connectivity index (χ1v) is 15.2. The van der Waals surface area contributed by atoms with E-state index in [0.717, 1.165) is 11.1 Å². The number of amides is 3. The van der Waals surface area contributed by atoms with Gasteiger partial charge in [0.15, 0.2) is 0 Å². The lowest BCUT2D eigenvalue weighted by atomic mass is 9.80. The van der Waals surface area contributed by atoms with Crippen molar-refractivity contribution in [2.24, 2.45) is 11.8 Å². The molecule has 0 aliphatic heterocycles. The zero-order valence-electron chi connectivity index (χ0n) is 26.9. The molecule has 5 N–H and O–H groups in total. The number of aliphatic carboxylic acids is 1. The molecule has 0 fully saturated rings. The molecule has 0 aliphatic rings. The van der Waals surface area contributed by atoms with Crippen LogP contribution in [-0.2, 0) is 32.0 Å². The maximum absolute atomic E-state index is 13.7. The number of aliphatic hydroxyl groups is 1. The number of carbonyl (C=O) groups excluding carboxylic acids is 3. The standard InChI is InChI=1S/C34H49N3O7/c1-8-23(4)29(30(40)37-34(22(2)3,31(41)42)21-25-17-13-10-14-18-25)36-28(39)20-27(38)26(19-24-15-11-9-12-16-24)35-32(43)44-33(5,6)7/h9-18,22-23,26-27,29,38H,8,19-21H2,1-7H3,(H,35,43)(H,36,39)(H,37,40)(H,41,42)/t23-,26-,27-,29-,34+/m0/s1. The van der Waals surface area contributed by atoms with E-state index in [1.807, 2.05) is 43.3 Å². The summed E-state index contributed by atoms with van der Waals surface area (Å²) in [6, 6.07) is 16.3. The number of rotatable bonds is 15. The number of carboxylic acids is 1. The van der Waals surface area contributed by atoms with Crippen molar-refractivity contribution in [1.82, 2.24) is 16.0 Å². The Morgan fingerprint density at radius 2 is 1.41 bits per heavy atom. The summed E-state index contributed by atoms with van der Waals surface area (Å²) < 4.78 is 5.37. The van der Waals surface area contributed by atoms with Gasteiger partial charge in [0.05, 0.1) is 18.6 Å². The van der Waals surface area contributed by atoms with Gasteiger partial charge in [0.2, 0.25) is 11.8 Å². The average Bonchev–Trinajstić information content (AvgIpc) is 2.94. The summed E-state index contributed by atoms with van der Waals surface area (Å²) in [7, 11) is 0. The monoisotopic (exact) mass is 611 g/mol. The first kappa shape index (κ1) is 36.3. The molecule has 2 aromatic carbocycles. The molecule has 242 valence electrons. The summed E-state index contributed by atoms with van der Waals surface area (Å²) in [5.74, 6) is -3.23. The molecule has 0 heterocycles. The molecule has 0 radical (unpaired) electrons. The van der Waals surface area contributed by atoms with Crippen LogP contribution in [0.25, 0.3) is 0 Å². The summed E-state index contributed by atoms with van der Waals surface area (Å²) in [6.45, 7) is 12.3. The van der Waals surface area contributed by atoms with E-state index in [1.165, 1.54) is 0 Å². The van der Waals surface area contributed by atoms with Crippen LogP contribution in [0.3, 0.4) is 0 Å². The first-order chi connectivity index (χ1) is 20.6. The highest BCUT2D eigenvalue weighted by molar-refractivity contribution is 5.92. The van der Waals surface area contributed by atoms with Crippen molar-refractivity contribution in [2.75, 3.05) is 0 Å². The van der Waals surface area contributed by atoms with Crippen molar-refractivity contribution in [3.8, 4) is 0 Å². The topological polar surface area (TPSA) is 154 Å². The minimum atomic E-state index is -1.62. The predicted molar refractivity (Wildman–Crippen MR) is 169 cm³/mol. The molecule has 2 aromatic rings. The van der Waals surface area contributed by atoms with Crippen molar-refractivity contribution in [2.45, 2.75) is 103 Å². The van der Waals surface area contributed by atoms with Gasteiger partial charge >= 0.3 is 12.1 Å². The zero-order chi connectivity index (χ0) is 33.1. The van der Waals surface area contributed by atoms with Crippen LogP contribution in [0, 0.1) is 11.8 Å². The normalized spacial score (nSPS) is 15.7. The van der Waals surface area contributed by atoms with Gasteiger partial charge < -0.3 is 30.9 Å². The fourth-order valence-electron chi connectivity index (χ4n) is 4.86. The van der Waals surface area contributed by atoms with Gasteiger partial charge in [0.25, 0.3) is 0 Å². The number of alkyl carbamates (subject to hydrolysis) is 1. The molecule has 10 nitrogen and oxygen atoms in total. The summed E-state index contributed by atoms with van der Waals surface area (Å²) in [6.07, 6.45) is -1.63. The fraction of sp³-hybridized carbons (Fsp3) is 0.529. The van der Waals surface area contributed by atoms with E-state index in [-0.39, 0.29) is 18.8 Å². The highest BCUT2D eigenvalue weighted by Gasteiger charge is 2.45. The lowest BCUT2D eigenvalue weighted by Gasteiger charge is -2.37. The van der Waals surface area contributed by atoms with Gasteiger partial charge in [-0.05, 0) is 50.2 Å². The highest BCUT2D eigenvalue weighted by Crippen LogP contribution is 2.25. The predicted octanol–water partition coefficient (Wildman–Crippen LogP) is 4.24. The van der Waals surface area contributed by atoms with Crippen LogP contribution in [0.1, 0.15) is 72.4 Å². The largest absolute Gasteiger partial charge is 0.479 e. The van der Waals surface area contributed by atoms with Gasteiger partial charge in [-0.15, -0.1) is 0 Å². The number of aliphatic hydroxyl groups excluding tert-OH is 1. The number of hydrogen-bond donors (Lipinski definition) is 5. The van der Waals surface area contributed by atoms with Gasteiger partial charge in [-0.25, -0.2) is 9.59 Å². The van der Waals surface area contributed by atoms with Gasteiger partial charge in [-0.3, -0.25) is 9.59 Å². The lowest BCUT2D eigenvalue weighted by Crippen LogP contribution is -2.64. The van der Waals surface area contributed by atoms with Crippen molar-refractivity contribution in [1.29, 1.82) is 0 Å². The third-order valence-electron chi connectivity index (χ3n) is 7.71. The summed E-state index contributed by atoms with van der Waals surface area (Å²) in [5, 5.41) is 29.6. The Morgan fingerprint density at radius 3 is 1.89 bits per heavy atom. The first-order valence-electron chi connectivity index (χ1n) is 15.2. The minimum Gasteiger partial charge on any atom is -0.479 e. The van der Waals surface area contributed by atoms with Crippen molar-refractivity contribution < 1.29 is 34.1 Å². The van der Waals surface area contributed by atoms with E-state index >= 15 is 0 Å². The van der Waals surface area contributed by atoms with Crippen molar-refractivity contribution in [3.05, 3.63) is 71.8 Å². The van der Waals surface area contributed by atoms with Gasteiger partial charge in [0.1, 0.15) is 17.2 Å². The average molecular weight is 612 g/mol. The highest BCUT2D eigenvalue weighted by atomic mass is 16.6. The number of carboxylic acid groups (broad SMARTS) is 1. The number of ether oxygens (including phenoxy) is 1. The molecule has 2 rings (SSSR count). The molecular weight excluding hydrogens is 562 g/mol. The van der Waals surface area contributed by atoms with Gasteiger partial charge in [0, 0.05) is 6.42 Å². The second-order valence-electron chi connectivity index (χ2n) is 12.7. The van der Waals surface area contributed by atoms with Crippen LogP contribution in [0.4, 0.5) is 4.79 Å². The quantitative estimate of drug-likeness (QED) is 0.202. The maximum atomic E-state index is 13.7. The number of hydrogen-bond acceptors (Lipinski definition) is 6. The van der Waals surface area contributed by atoms with E-state index in [2.05, 4.69) is 16.0 Å². The molecular formula is C34H49N3O7. The van der Waals surface area contributed by atoms with E-state index in [1.54, 1.807) is 65.8 Å². The second-order valence-corrected chi connectivity index (χ2v) is 12.7. The molecule has 10 heteroatoms. The second kappa shape index (κ2) is 16.2. The number of nitrogens with one attached hydrogen (secondary N) is 3. The van der Waals surface area contributed by atoms with Crippen molar-refractivity contribution >= 4 is 23.9 Å². The number of carbonyl (C=O) groups is 4. The van der Waals surface area contributed by atoms with E-state index < -0.39 is 65.5 Å². The Balaban J connectivity index is 2.25. The molecule has 0 saturated carbocycles. The van der Waals surface area contributed by atoms with Crippen LogP contribution in [0.2, 0.25) is 0 Å². The summed E-state index contributed by atoms with van der Waals surface area (Å²) in [4.78, 5) is 52.2. The molecule has 5 atom stereocenters. The Bertz CT molecular complexity index is 1230. The minimum absolute atomic E-state index is 0.0595. The van der Waals surface area contributed by atoms with Crippen molar-refractivity contribution in [3.63, 3.8) is 0 Å². The van der Waals surface area contributed by atoms with Crippen LogP contribution < -0.4 is 16.0 Å². The third kappa shape index (κ3) is 11.0. The van der Waals surface area contributed by atoms with Crippen LogP contribution in [-0.4, -0.2) is 63.4 Å². The lowest BCUT2D eigenvalue weighted by molar-refractivity contribution is -0.150. The van der Waals surface area contributed by atoms with E-state index in [0.29, 0.717) is 6.42 Å². The molecule has 3 amide bonds. The van der Waals surface area contributed by atoms with Crippen LogP contribution in [0.5, 0.6) is 0 Å². The van der Waals surface area contributed by atoms with E-state index in [4.69, 9.17) is 4.74 Å². The molecule has 0 saturated heterocycles. The Labute approximate surface area is 261 Å². The molecule has 44 heavy (non-hydrogen) atoms. The Kier molecular flexibility index (Phi) is 13.4. The SMILES string of the molecule is CC[C@H](C)[C@H](NC(=O)C[C@H](O)[C@H](Cc1ccccc1)NC(=O)OC(C)(C)C)C(=O)N[C@@](Cc1ccccc1)(C(=O)O)C(C)C. The maximum Gasteiger partial charge on any atom is 0.407 e. The van der Waals surface area contributed by atoms with Crippen LogP contribution >= 0.6 is 0 Å². The zero-order valence-corrected chi connectivity index (χ0v) is 26.9. The molecule has 0 bridgehead atoms. The van der Waals surface area contributed by atoms with Gasteiger partial charge in [-0.2, -0.15) is 0 Å². The fourth-order valence-corrected chi connectivity index (χ4v) is 4.86. The molecule has 0 aromatic heterocycles. The summed E-state index contributed by atoms with van der Waals surface area (Å²) in [5.41, 5.74) is -0.797.